The molecule has 2 aromatic rings. The van der Waals surface area contributed by atoms with Crippen LogP contribution in [0.1, 0.15) is 37.3 Å². The van der Waals surface area contributed by atoms with Gasteiger partial charge in [-0.2, -0.15) is 11.3 Å². The maximum atomic E-state index is 13.2. The number of hydrogen-bond donors (Lipinski definition) is 2. The van der Waals surface area contributed by atoms with Crippen molar-refractivity contribution in [1.82, 2.24) is 10.2 Å². The largest absolute Gasteiger partial charge is 0.346 e. The Hall–Kier alpha value is -2.32. The van der Waals surface area contributed by atoms with E-state index in [0.717, 1.165) is 43.6 Å². The number of likely N-dealkylation sites (tertiary alicyclic amines) is 1. The molecule has 1 aromatic carbocycles. The molecule has 150 valence electrons. The fraction of sp³-hybridized carbons (Fsp3) is 0.400. The third kappa shape index (κ3) is 5.36. The van der Waals surface area contributed by atoms with Gasteiger partial charge in [0.1, 0.15) is 0 Å². The number of hydrogen-bond acceptors (Lipinski definition) is 4. The van der Waals surface area contributed by atoms with Gasteiger partial charge in [-0.05, 0) is 60.5 Å². The smallest absolute Gasteiger partial charge is 0.313 e. The number of halogens is 2. The van der Waals surface area contributed by atoms with Gasteiger partial charge in [-0.25, -0.2) is 8.78 Å². The molecule has 5 nitrogen and oxygen atoms in total. The summed E-state index contributed by atoms with van der Waals surface area (Å²) in [5.74, 6) is -3.82. The Morgan fingerprint density at radius 3 is 2.43 bits per heavy atom. The minimum atomic E-state index is -1.09. The van der Waals surface area contributed by atoms with Gasteiger partial charge in [0.15, 0.2) is 11.6 Å². The zero-order valence-corrected chi connectivity index (χ0v) is 16.2. The first-order valence-corrected chi connectivity index (χ1v) is 10.3. The summed E-state index contributed by atoms with van der Waals surface area (Å²) in [6.07, 6.45) is 4.64. The molecule has 2 amide bonds. The second kappa shape index (κ2) is 9.75. The molecule has 1 aromatic heterocycles. The summed E-state index contributed by atoms with van der Waals surface area (Å²) in [6.45, 7) is 2.22. The normalized spacial score (nSPS) is 16.2. The van der Waals surface area contributed by atoms with E-state index in [1.54, 1.807) is 11.3 Å². The fourth-order valence-corrected chi connectivity index (χ4v) is 4.07. The van der Waals surface area contributed by atoms with Crippen LogP contribution in [0.2, 0.25) is 0 Å². The Morgan fingerprint density at radius 1 is 1.04 bits per heavy atom. The minimum absolute atomic E-state index is 0.00404. The number of nitrogens with zero attached hydrogens (tertiary/aromatic N) is 1. The van der Waals surface area contributed by atoms with Crippen LogP contribution >= 0.6 is 11.3 Å². The standard InChI is InChI=1S/C20H23F2N3O2S/c21-16-6-5-15(11-17(16)22)24-20(27)19(26)23-12-18(14-7-10-28-13-14)25-8-3-1-2-4-9-25/h5-7,10-11,13,18H,1-4,8-9,12H2,(H,23,26)(H,24,27). The van der Waals surface area contributed by atoms with Gasteiger partial charge in [0.25, 0.3) is 0 Å². The summed E-state index contributed by atoms with van der Waals surface area (Å²) in [5, 5.41) is 9.02. The molecule has 3 rings (SSSR count). The summed E-state index contributed by atoms with van der Waals surface area (Å²) in [6, 6.07) is 4.98. The second-order valence-corrected chi connectivity index (χ2v) is 7.60. The van der Waals surface area contributed by atoms with Crippen molar-refractivity contribution in [3.63, 3.8) is 0 Å². The highest BCUT2D eigenvalue weighted by Crippen LogP contribution is 2.25. The number of nitrogens with one attached hydrogen (secondary N) is 2. The van der Waals surface area contributed by atoms with Crippen LogP contribution in [0.5, 0.6) is 0 Å². The van der Waals surface area contributed by atoms with E-state index in [2.05, 4.69) is 20.9 Å². The predicted molar refractivity (Wildman–Crippen MR) is 105 cm³/mol. The van der Waals surface area contributed by atoms with Gasteiger partial charge in [-0.3, -0.25) is 14.5 Å². The van der Waals surface area contributed by atoms with Gasteiger partial charge in [0.05, 0.1) is 6.04 Å². The van der Waals surface area contributed by atoms with Crippen molar-refractivity contribution in [3.8, 4) is 0 Å². The lowest BCUT2D eigenvalue weighted by Gasteiger charge is -2.30. The van der Waals surface area contributed by atoms with Crippen molar-refractivity contribution in [3.05, 3.63) is 52.2 Å². The van der Waals surface area contributed by atoms with Gasteiger partial charge in [-0.1, -0.05) is 12.8 Å². The molecule has 1 aliphatic heterocycles. The molecule has 28 heavy (non-hydrogen) atoms. The Morgan fingerprint density at radius 2 is 1.79 bits per heavy atom. The van der Waals surface area contributed by atoms with E-state index in [-0.39, 0.29) is 11.7 Å². The summed E-state index contributed by atoms with van der Waals surface area (Å²) in [7, 11) is 0. The first-order chi connectivity index (χ1) is 13.5. The monoisotopic (exact) mass is 407 g/mol. The zero-order chi connectivity index (χ0) is 19.9. The Bertz CT molecular complexity index is 806. The zero-order valence-electron chi connectivity index (χ0n) is 15.4. The predicted octanol–water partition coefficient (Wildman–Crippen LogP) is 3.70. The van der Waals surface area contributed by atoms with Crippen LogP contribution < -0.4 is 10.6 Å². The SMILES string of the molecule is O=C(NCC(c1ccsc1)N1CCCCCC1)C(=O)Nc1ccc(F)c(F)c1. The van der Waals surface area contributed by atoms with E-state index in [9.17, 15) is 18.4 Å². The second-order valence-electron chi connectivity index (χ2n) is 6.82. The Balaban J connectivity index is 1.60. The van der Waals surface area contributed by atoms with Crippen LogP contribution in [-0.4, -0.2) is 36.3 Å². The lowest BCUT2D eigenvalue weighted by atomic mass is 10.1. The molecule has 0 saturated carbocycles. The number of carbonyl (C=O) groups excluding carboxylic acids is 2. The van der Waals surface area contributed by atoms with Crippen molar-refractivity contribution in [2.24, 2.45) is 0 Å². The summed E-state index contributed by atoms with van der Waals surface area (Å²) in [4.78, 5) is 26.7. The highest BCUT2D eigenvalue weighted by Gasteiger charge is 2.24. The van der Waals surface area contributed by atoms with E-state index in [0.29, 0.717) is 6.54 Å². The average Bonchev–Trinajstić information content (AvgIpc) is 3.07. The minimum Gasteiger partial charge on any atom is -0.346 e. The molecule has 1 unspecified atom stereocenters. The molecule has 1 saturated heterocycles. The topological polar surface area (TPSA) is 61.4 Å². The number of thiophene rings is 1. The van der Waals surface area contributed by atoms with Gasteiger partial charge >= 0.3 is 11.8 Å². The van der Waals surface area contributed by atoms with E-state index in [1.165, 1.54) is 18.9 Å². The number of benzene rings is 1. The van der Waals surface area contributed by atoms with Crippen LogP contribution in [0.15, 0.2) is 35.0 Å². The molecule has 0 spiro atoms. The number of carbonyl (C=O) groups is 2. The maximum Gasteiger partial charge on any atom is 0.313 e. The highest BCUT2D eigenvalue weighted by atomic mass is 32.1. The van der Waals surface area contributed by atoms with Gasteiger partial charge < -0.3 is 10.6 Å². The molecule has 1 aliphatic rings. The molecule has 0 aliphatic carbocycles. The van der Waals surface area contributed by atoms with E-state index < -0.39 is 23.4 Å². The Labute approximate surface area is 166 Å². The average molecular weight is 407 g/mol. The number of rotatable bonds is 5. The van der Waals surface area contributed by atoms with E-state index in [4.69, 9.17) is 0 Å². The molecule has 2 heterocycles. The van der Waals surface area contributed by atoms with Crippen molar-refractivity contribution < 1.29 is 18.4 Å². The summed E-state index contributed by atoms with van der Waals surface area (Å²) in [5.41, 5.74) is 1.15. The first kappa shape index (κ1) is 20.4. The van der Waals surface area contributed by atoms with Crippen molar-refractivity contribution >= 4 is 28.8 Å². The highest BCUT2D eigenvalue weighted by molar-refractivity contribution is 7.08. The van der Waals surface area contributed by atoms with Crippen molar-refractivity contribution in [2.45, 2.75) is 31.7 Å². The number of amides is 2. The fourth-order valence-electron chi connectivity index (χ4n) is 3.36. The maximum absolute atomic E-state index is 13.2. The summed E-state index contributed by atoms with van der Waals surface area (Å²) >= 11 is 1.60. The Kier molecular flexibility index (Phi) is 7.11. The molecular formula is C20H23F2N3O2S. The van der Waals surface area contributed by atoms with E-state index in [1.807, 2.05) is 11.4 Å². The van der Waals surface area contributed by atoms with Crippen molar-refractivity contribution in [2.75, 3.05) is 25.0 Å². The first-order valence-electron chi connectivity index (χ1n) is 9.35. The van der Waals surface area contributed by atoms with Crippen molar-refractivity contribution in [1.29, 1.82) is 0 Å². The summed E-state index contributed by atoms with van der Waals surface area (Å²) < 4.78 is 26.2. The molecule has 8 heteroatoms. The molecular weight excluding hydrogens is 384 g/mol. The lowest BCUT2D eigenvalue weighted by Crippen LogP contribution is -2.42. The van der Waals surface area contributed by atoms with Crippen LogP contribution in [-0.2, 0) is 9.59 Å². The molecule has 0 radical (unpaired) electrons. The van der Waals surface area contributed by atoms with Crippen LogP contribution in [0.3, 0.4) is 0 Å². The third-order valence-electron chi connectivity index (χ3n) is 4.85. The molecule has 2 N–H and O–H groups in total. The lowest BCUT2D eigenvalue weighted by molar-refractivity contribution is -0.136. The third-order valence-corrected chi connectivity index (χ3v) is 5.55. The van der Waals surface area contributed by atoms with Crippen LogP contribution in [0, 0.1) is 11.6 Å². The quantitative estimate of drug-likeness (QED) is 0.743. The van der Waals surface area contributed by atoms with Crippen LogP contribution in [0.4, 0.5) is 14.5 Å². The van der Waals surface area contributed by atoms with E-state index >= 15 is 0 Å². The number of anilines is 1. The van der Waals surface area contributed by atoms with Gasteiger partial charge in [0.2, 0.25) is 0 Å². The molecule has 0 bridgehead atoms. The van der Waals surface area contributed by atoms with Crippen LogP contribution in [0.25, 0.3) is 0 Å². The molecule has 1 fully saturated rings. The molecule has 1 atom stereocenters. The van der Waals surface area contributed by atoms with Gasteiger partial charge in [0, 0.05) is 18.3 Å². The van der Waals surface area contributed by atoms with Gasteiger partial charge in [-0.15, -0.1) is 0 Å².